The summed E-state index contributed by atoms with van der Waals surface area (Å²) in [5, 5.41) is 0. The van der Waals surface area contributed by atoms with E-state index in [9.17, 15) is 4.79 Å². The number of nitrogens with zero attached hydrogens (tertiary/aromatic N) is 1. The first kappa shape index (κ1) is 12.0. The van der Waals surface area contributed by atoms with E-state index in [1.54, 1.807) is 6.08 Å². The molecule has 0 atom stereocenters. The predicted octanol–water partition coefficient (Wildman–Crippen LogP) is 2.91. The van der Waals surface area contributed by atoms with Crippen LogP contribution in [0.2, 0.25) is 0 Å². The Morgan fingerprint density at radius 2 is 1.93 bits per heavy atom. The number of amides is 1. The molecule has 15 heavy (non-hydrogen) atoms. The van der Waals surface area contributed by atoms with Crippen molar-refractivity contribution in [2.75, 3.05) is 13.1 Å². The van der Waals surface area contributed by atoms with Gasteiger partial charge in [-0.15, -0.1) is 0 Å². The molecule has 0 radical (unpaired) electrons. The summed E-state index contributed by atoms with van der Waals surface area (Å²) in [6, 6.07) is 0. The molecule has 0 aromatic rings. The number of hydrogen-bond donors (Lipinski definition) is 0. The van der Waals surface area contributed by atoms with Crippen LogP contribution in [0, 0.1) is 0 Å². The number of hydrogen-bond acceptors (Lipinski definition) is 1. The van der Waals surface area contributed by atoms with Crippen LogP contribution in [0.1, 0.15) is 39.0 Å². The zero-order valence-electron chi connectivity index (χ0n) is 9.61. The Kier molecular flexibility index (Phi) is 5.83. The van der Waals surface area contributed by atoms with Gasteiger partial charge in [-0.25, -0.2) is 0 Å². The van der Waals surface area contributed by atoms with Crippen molar-refractivity contribution in [2.24, 2.45) is 0 Å². The maximum Gasteiger partial charge on any atom is 0.246 e. The summed E-state index contributed by atoms with van der Waals surface area (Å²) >= 11 is 0. The highest BCUT2D eigenvalue weighted by atomic mass is 16.2. The summed E-state index contributed by atoms with van der Waals surface area (Å²) in [5.41, 5.74) is 0. The summed E-state index contributed by atoms with van der Waals surface area (Å²) in [4.78, 5) is 13.6. The lowest BCUT2D eigenvalue weighted by molar-refractivity contribution is -0.126. The molecule has 0 aromatic heterocycles. The number of unbranched alkanes of at least 4 members (excludes halogenated alkanes) is 1. The van der Waals surface area contributed by atoms with Gasteiger partial charge in [0.1, 0.15) is 0 Å². The Morgan fingerprint density at radius 3 is 2.60 bits per heavy atom. The number of carbonyl (C=O) groups excluding carboxylic acids is 1. The lowest BCUT2D eigenvalue weighted by atomic mass is 10.1. The molecular weight excluding hydrogens is 186 g/mol. The van der Waals surface area contributed by atoms with Crippen molar-refractivity contribution in [1.82, 2.24) is 4.90 Å². The van der Waals surface area contributed by atoms with Crippen LogP contribution >= 0.6 is 0 Å². The quantitative estimate of drug-likeness (QED) is 0.512. The van der Waals surface area contributed by atoms with Gasteiger partial charge in [0.05, 0.1) is 0 Å². The van der Waals surface area contributed by atoms with Gasteiger partial charge in [0, 0.05) is 19.2 Å². The molecular formula is C13H21NO. The van der Waals surface area contributed by atoms with Crippen molar-refractivity contribution in [3.8, 4) is 0 Å². The third-order valence-electron chi connectivity index (χ3n) is 2.61. The highest BCUT2D eigenvalue weighted by Crippen LogP contribution is 2.08. The second-order valence-corrected chi connectivity index (χ2v) is 3.96. The molecule has 2 heteroatoms. The predicted molar refractivity (Wildman–Crippen MR) is 63.6 cm³/mol. The van der Waals surface area contributed by atoms with Gasteiger partial charge >= 0.3 is 0 Å². The number of piperidine rings is 1. The van der Waals surface area contributed by atoms with Crippen molar-refractivity contribution >= 4 is 5.91 Å². The van der Waals surface area contributed by atoms with Gasteiger partial charge < -0.3 is 4.90 Å². The SMILES string of the molecule is CCC/C=C/C=C/C(=O)N1CCCCC1. The average Bonchev–Trinajstić information content (AvgIpc) is 2.30. The highest BCUT2D eigenvalue weighted by Gasteiger charge is 2.12. The summed E-state index contributed by atoms with van der Waals surface area (Å²) < 4.78 is 0. The van der Waals surface area contributed by atoms with Crippen LogP contribution in [0.25, 0.3) is 0 Å². The van der Waals surface area contributed by atoms with Crippen molar-refractivity contribution in [1.29, 1.82) is 0 Å². The van der Waals surface area contributed by atoms with Crippen LogP contribution in [0.3, 0.4) is 0 Å². The fourth-order valence-electron chi connectivity index (χ4n) is 1.70. The van der Waals surface area contributed by atoms with Gasteiger partial charge in [0.25, 0.3) is 0 Å². The fourth-order valence-corrected chi connectivity index (χ4v) is 1.70. The number of carbonyl (C=O) groups is 1. The Balaban J connectivity index is 2.27. The first-order valence-electron chi connectivity index (χ1n) is 5.96. The van der Waals surface area contributed by atoms with Gasteiger partial charge in [0.2, 0.25) is 5.91 Å². The molecule has 0 bridgehead atoms. The van der Waals surface area contributed by atoms with Crippen LogP contribution in [0.15, 0.2) is 24.3 Å². The largest absolute Gasteiger partial charge is 0.339 e. The Labute approximate surface area is 92.7 Å². The minimum absolute atomic E-state index is 0.163. The Morgan fingerprint density at radius 1 is 1.20 bits per heavy atom. The first-order chi connectivity index (χ1) is 7.34. The summed E-state index contributed by atoms with van der Waals surface area (Å²) in [5.74, 6) is 0.163. The van der Waals surface area contributed by atoms with Gasteiger partial charge in [0.15, 0.2) is 0 Å². The van der Waals surface area contributed by atoms with Crippen LogP contribution < -0.4 is 0 Å². The molecule has 1 saturated heterocycles. The van der Waals surface area contributed by atoms with E-state index in [-0.39, 0.29) is 5.91 Å². The van der Waals surface area contributed by atoms with E-state index in [4.69, 9.17) is 0 Å². The topological polar surface area (TPSA) is 20.3 Å². The second-order valence-electron chi connectivity index (χ2n) is 3.96. The third kappa shape index (κ3) is 4.82. The van der Waals surface area contributed by atoms with E-state index < -0.39 is 0 Å². The summed E-state index contributed by atoms with van der Waals surface area (Å²) in [6.45, 7) is 4.01. The molecule has 2 nitrogen and oxygen atoms in total. The molecule has 0 spiro atoms. The van der Waals surface area contributed by atoms with Crippen LogP contribution in [-0.2, 0) is 4.79 Å². The minimum Gasteiger partial charge on any atom is -0.339 e. The summed E-state index contributed by atoms with van der Waals surface area (Å²) in [7, 11) is 0. The Hall–Kier alpha value is -1.05. The number of allylic oxidation sites excluding steroid dienone is 3. The van der Waals surface area contributed by atoms with Gasteiger partial charge in [-0.05, 0) is 25.7 Å². The molecule has 1 heterocycles. The molecule has 1 rings (SSSR count). The maximum absolute atomic E-state index is 11.6. The van der Waals surface area contributed by atoms with Crippen molar-refractivity contribution < 1.29 is 4.79 Å². The maximum atomic E-state index is 11.6. The van der Waals surface area contributed by atoms with Gasteiger partial charge in [-0.1, -0.05) is 31.6 Å². The standard InChI is InChI=1S/C13H21NO/c1-2-3-4-5-7-10-13(15)14-11-8-6-9-12-14/h4-5,7,10H,2-3,6,8-9,11-12H2,1H3/b5-4+,10-7+. The zero-order chi connectivity index (χ0) is 10.9. The molecule has 1 amide bonds. The van der Waals surface area contributed by atoms with E-state index in [0.29, 0.717) is 0 Å². The van der Waals surface area contributed by atoms with E-state index in [1.807, 2.05) is 17.1 Å². The minimum atomic E-state index is 0.163. The normalized spacial score (nSPS) is 17.8. The molecule has 84 valence electrons. The van der Waals surface area contributed by atoms with E-state index >= 15 is 0 Å². The van der Waals surface area contributed by atoms with Gasteiger partial charge in [-0.2, -0.15) is 0 Å². The van der Waals surface area contributed by atoms with Gasteiger partial charge in [-0.3, -0.25) is 4.79 Å². The Bertz CT molecular complexity index is 237. The fraction of sp³-hybridized carbons (Fsp3) is 0.615. The molecule has 0 N–H and O–H groups in total. The summed E-state index contributed by atoms with van der Waals surface area (Å²) in [6.07, 6.45) is 13.4. The van der Waals surface area contributed by atoms with E-state index in [0.717, 1.165) is 38.8 Å². The number of rotatable bonds is 4. The first-order valence-corrected chi connectivity index (χ1v) is 5.96. The molecule has 1 aliphatic rings. The lowest BCUT2D eigenvalue weighted by Crippen LogP contribution is -2.34. The molecule has 1 aliphatic heterocycles. The lowest BCUT2D eigenvalue weighted by Gasteiger charge is -2.25. The third-order valence-corrected chi connectivity index (χ3v) is 2.61. The molecule has 0 saturated carbocycles. The smallest absolute Gasteiger partial charge is 0.246 e. The molecule has 0 aliphatic carbocycles. The van der Waals surface area contributed by atoms with E-state index in [1.165, 1.54) is 6.42 Å². The monoisotopic (exact) mass is 207 g/mol. The van der Waals surface area contributed by atoms with E-state index in [2.05, 4.69) is 13.0 Å². The molecule has 0 unspecified atom stereocenters. The molecule has 1 fully saturated rings. The average molecular weight is 207 g/mol. The van der Waals surface area contributed by atoms with Crippen LogP contribution in [-0.4, -0.2) is 23.9 Å². The van der Waals surface area contributed by atoms with Crippen molar-refractivity contribution in [2.45, 2.75) is 39.0 Å². The second kappa shape index (κ2) is 7.27. The highest BCUT2D eigenvalue weighted by molar-refractivity contribution is 5.87. The van der Waals surface area contributed by atoms with Crippen LogP contribution in [0.4, 0.5) is 0 Å². The van der Waals surface area contributed by atoms with Crippen molar-refractivity contribution in [3.63, 3.8) is 0 Å². The van der Waals surface area contributed by atoms with Crippen molar-refractivity contribution in [3.05, 3.63) is 24.3 Å². The van der Waals surface area contributed by atoms with Crippen LogP contribution in [0.5, 0.6) is 0 Å². The molecule has 0 aromatic carbocycles. The number of likely N-dealkylation sites (tertiary alicyclic amines) is 1. The zero-order valence-corrected chi connectivity index (χ0v) is 9.61.